The number of benzene rings is 1. The molecule has 0 bridgehead atoms. The Kier molecular flexibility index (Phi) is 5.67. The number of hydrogen-bond acceptors (Lipinski definition) is 7. The highest BCUT2D eigenvalue weighted by atomic mass is 79.9. The van der Waals surface area contributed by atoms with E-state index in [1.165, 1.54) is 17.8 Å². The minimum Gasteiger partial charge on any atom is -0.477 e. The molecule has 0 aliphatic carbocycles. The fourth-order valence-electron chi connectivity index (χ4n) is 1.78. The highest BCUT2D eigenvalue weighted by molar-refractivity contribution is 9.10. The van der Waals surface area contributed by atoms with Gasteiger partial charge in [-0.3, -0.25) is 0 Å². The molecule has 3 aromatic rings. The Hall–Kier alpha value is -1.97. The van der Waals surface area contributed by atoms with E-state index in [0.29, 0.717) is 16.7 Å². The SMILES string of the molecule is Cc1nnc(S/C(=C\c2cc(Br)c(Sc3ccccc3)o2)C(=O)O)o1. The average molecular weight is 439 g/mol. The number of thioether (sulfide) groups is 1. The zero-order valence-corrected chi connectivity index (χ0v) is 16.0. The fourth-order valence-corrected chi connectivity index (χ4v) is 3.83. The van der Waals surface area contributed by atoms with Crippen LogP contribution in [0.2, 0.25) is 0 Å². The Labute approximate surface area is 159 Å². The molecule has 0 saturated carbocycles. The van der Waals surface area contributed by atoms with Crippen molar-refractivity contribution < 1.29 is 18.7 Å². The quantitative estimate of drug-likeness (QED) is 0.419. The van der Waals surface area contributed by atoms with Gasteiger partial charge in [0.1, 0.15) is 10.7 Å². The summed E-state index contributed by atoms with van der Waals surface area (Å²) in [5, 5.41) is 17.6. The molecule has 0 aliphatic heterocycles. The molecule has 25 heavy (non-hydrogen) atoms. The predicted octanol–water partition coefficient (Wildman–Crippen LogP) is 5.10. The molecule has 128 valence electrons. The number of aryl methyl sites for hydroxylation is 1. The van der Waals surface area contributed by atoms with Gasteiger partial charge in [-0.2, -0.15) is 0 Å². The lowest BCUT2D eigenvalue weighted by atomic mass is 10.4. The first-order valence-corrected chi connectivity index (χ1v) is 9.39. The summed E-state index contributed by atoms with van der Waals surface area (Å²) in [4.78, 5) is 12.5. The van der Waals surface area contributed by atoms with Crippen LogP contribution in [0.1, 0.15) is 11.7 Å². The zero-order chi connectivity index (χ0) is 17.8. The number of nitrogens with zero attached hydrogens (tertiary/aromatic N) is 2. The Morgan fingerprint density at radius 2 is 2.00 bits per heavy atom. The summed E-state index contributed by atoms with van der Waals surface area (Å²) in [6.45, 7) is 1.64. The standard InChI is InChI=1S/C16H11BrN2O4S2/c1-9-18-19-16(22-9)25-13(14(20)21)8-10-7-12(17)15(23-10)24-11-5-3-2-4-6-11/h2-8H,1H3,(H,20,21)/b13-8-. The van der Waals surface area contributed by atoms with Crippen molar-refractivity contribution in [1.82, 2.24) is 10.2 Å². The van der Waals surface area contributed by atoms with Gasteiger partial charge in [-0.1, -0.05) is 30.0 Å². The predicted molar refractivity (Wildman–Crippen MR) is 97.5 cm³/mol. The van der Waals surface area contributed by atoms with Gasteiger partial charge >= 0.3 is 5.97 Å². The average Bonchev–Trinajstić information content (AvgIpc) is 3.13. The second-order valence-corrected chi connectivity index (χ2v) is 7.60. The maximum Gasteiger partial charge on any atom is 0.342 e. The topological polar surface area (TPSA) is 89.4 Å². The summed E-state index contributed by atoms with van der Waals surface area (Å²) in [6.07, 6.45) is 1.42. The lowest BCUT2D eigenvalue weighted by molar-refractivity contribution is -0.131. The Morgan fingerprint density at radius 3 is 2.64 bits per heavy atom. The van der Waals surface area contributed by atoms with Gasteiger partial charge in [0.2, 0.25) is 5.89 Å². The van der Waals surface area contributed by atoms with Crippen LogP contribution in [0.25, 0.3) is 6.08 Å². The highest BCUT2D eigenvalue weighted by Crippen LogP contribution is 2.37. The summed E-state index contributed by atoms with van der Waals surface area (Å²) in [6, 6.07) is 11.5. The summed E-state index contributed by atoms with van der Waals surface area (Å²) in [7, 11) is 0. The van der Waals surface area contributed by atoms with Gasteiger partial charge in [0.05, 0.1) is 4.47 Å². The molecule has 0 radical (unpaired) electrons. The number of carboxylic acids is 1. The molecule has 0 atom stereocenters. The molecule has 6 nitrogen and oxygen atoms in total. The summed E-state index contributed by atoms with van der Waals surface area (Å²) >= 11 is 5.74. The van der Waals surface area contributed by atoms with E-state index in [1.54, 1.807) is 13.0 Å². The van der Waals surface area contributed by atoms with Crippen molar-refractivity contribution in [3.8, 4) is 0 Å². The molecule has 2 aromatic heterocycles. The van der Waals surface area contributed by atoms with Crippen LogP contribution in [0.3, 0.4) is 0 Å². The van der Waals surface area contributed by atoms with Gasteiger partial charge in [-0.25, -0.2) is 4.79 Å². The minimum absolute atomic E-state index is 0.0150. The van der Waals surface area contributed by atoms with E-state index in [-0.39, 0.29) is 10.1 Å². The molecule has 9 heteroatoms. The van der Waals surface area contributed by atoms with Gasteiger partial charge < -0.3 is 13.9 Å². The van der Waals surface area contributed by atoms with Crippen molar-refractivity contribution in [2.75, 3.05) is 0 Å². The second-order valence-electron chi connectivity index (χ2n) is 4.70. The molecule has 0 fully saturated rings. The second kappa shape index (κ2) is 7.94. The van der Waals surface area contributed by atoms with Crippen LogP contribution < -0.4 is 0 Å². The van der Waals surface area contributed by atoms with E-state index in [0.717, 1.165) is 21.1 Å². The maximum absolute atomic E-state index is 11.5. The summed E-state index contributed by atoms with van der Waals surface area (Å²) in [5.74, 6) is -0.327. The van der Waals surface area contributed by atoms with Crippen LogP contribution in [0, 0.1) is 6.92 Å². The molecule has 1 aromatic carbocycles. The first-order chi connectivity index (χ1) is 12.0. The lowest BCUT2D eigenvalue weighted by Crippen LogP contribution is -1.96. The Bertz CT molecular complexity index is 921. The number of aromatic nitrogens is 2. The van der Waals surface area contributed by atoms with Crippen LogP contribution in [0.15, 0.2) is 69.8 Å². The van der Waals surface area contributed by atoms with Crippen LogP contribution >= 0.6 is 39.5 Å². The molecular weight excluding hydrogens is 428 g/mol. The molecule has 1 N–H and O–H groups in total. The van der Waals surface area contributed by atoms with Gasteiger partial charge in [-0.05, 0) is 45.9 Å². The number of aliphatic carboxylic acids is 1. The smallest absolute Gasteiger partial charge is 0.342 e. The minimum atomic E-state index is -1.11. The Morgan fingerprint density at radius 1 is 1.24 bits per heavy atom. The summed E-state index contributed by atoms with van der Waals surface area (Å²) < 4.78 is 11.7. The maximum atomic E-state index is 11.5. The third-order valence-electron chi connectivity index (χ3n) is 2.82. The van der Waals surface area contributed by atoms with E-state index < -0.39 is 5.97 Å². The van der Waals surface area contributed by atoms with Crippen molar-refractivity contribution >= 4 is 51.5 Å². The van der Waals surface area contributed by atoms with E-state index in [2.05, 4.69) is 26.1 Å². The largest absolute Gasteiger partial charge is 0.477 e. The third kappa shape index (κ3) is 4.77. The molecule has 0 unspecified atom stereocenters. The van der Waals surface area contributed by atoms with Crippen molar-refractivity contribution in [2.24, 2.45) is 0 Å². The van der Waals surface area contributed by atoms with Crippen LogP contribution in [-0.4, -0.2) is 21.3 Å². The fraction of sp³-hybridized carbons (Fsp3) is 0.0625. The van der Waals surface area contributed by atoms with Gasteiger partial charge in [-0.15, -0.1) is 10.2 Å². The van der Waals surface area contributed by atoms with E-state index in [1.807, 2.05) is 30.3 Å². The number of furan rings is 1. The first kappa shape index (κ1) is 17.8. The van der Waals surface area contributed by atoms with Gasteiger partial charge in [0.25, 0.3) is 5.22 Å². The molecule has 0 spiro atoms. The van der Waals surface area contributed by atoms with Gasteiger partial charge in [0.15, 0.2) is 5.09 Å². The van der Waals surface area contributed by atoms with Crippen molar-refractivity contribution in [3.05, 3.63) is 57.4 Å². The molecule has 0 amide bonds. The van der Waals surface area contributed by atoms with E-state index in [9.17, 15) is 9.90 Å². The number of rotatable bonds is 6. The highest BCUT2D eigenvalue weighted by Gasteiger charge is 2.17. The van der Waals surface area contributed by atoms with Crippen molar-refractivity contribution in [2.45, 2.75) is 22.1 Å². The Balaban J connectivity index is 1.83. The number of halogens is 1. The normalized spacial score (nSPS) is 11.7. The third-order valence-corrected chi connectivity index (χ3v) is 5.52. The molecule has 2 heterocycles. The van der Waals surface area contributed by atoms with Crippen LogP contribution in [0.4, 0.5) is 0 Å². The summed E-state index contributed by atoms with van der Waals surface area (Å²) in [5.41, 5.74) is 0. The molecule has 3 rings (SSSR count). The van der Waals surface area contributed by atoms with Crippen LogP contribution in [0.5, 0.6) is 0 Å². The number of carbonyl (C=O) groups is 1. The molecule has 0 saturated heterocycles. The van der Waals surface area contributed by atoms with Crippen LogP contribution in [-0.2, 0) is 4.79 Å². The van der Waals surface area contributed by atoms with Crippen molar-refractivity contribution in [1.29, 1.82) is 0 Å². The monoisotopic (exact) mass is 438 g/mol. The lowest BCUT2D eigenvalue weighted by Gasteiger charge is -1.98. The number of carboxylic acid groups (broad SMARTS) is 1. The number of hydrogen-bond donors (Lipinski definition) is 1. The van der Waals surface area contributed by atoms with E-state index >= 15 is 0 Å². The molecule has 0 aliphatic rings. The van der Waals surface area contributed by atoms with Gasteiger partial charge in [0, 0.05) is 17.9 Å². The van der Waals surface area contributed by atoms with E-state index in [4.69, 9.17) is 8.83 Å². The first-order valence-electron chi connectivity index (χ1n) is 6.96. The van der Waals surface area contributed by atoms with Crippen molar-refractivity contribution in [3.63, 3.8) is 0 Å². The zero-order valence-electron chi connectivity index (χ0n) is 12.8. The molecular formula is C16H11BrN2O4S2.